The minimum absolute atomic E-state index is 0.0192. The molecule has 0 aliphatic carbocycles. The van der Waals surface area contributed by atoms with Crippen LogP contribution in [0.5, 0.6) is 5.75 Å². The van der Waals surface area contributed by atoms with Gasteiger partial charge in [0.25, 0.3) is 17.4 Å². The highest BCUT2D eigenvalue weighted by Crippen LogP contribution is 2.28. The standard InChI is InChI=1S/C20H16F3N3O7/c1-32-16-7-6-12(26(30)31)10-15(16)25-18(28)11-33-19(29)13-4-2-3-5-14(13)24-9-8-17(27)20(21,22)23/h2-10,24H,11H2,1H3,(H,25,28)/b9-8+. The van der Waals surface area contributed by atoms with Crippen LogP contribution in [0.4, 0.5) is 30.2 Å². The number of methoxy groups -OCH3 is 1. The first-order valence-corrected chi connectivity index (χ1v) is 8.95. The molecule has 0 fully saturated rings. The highest BCUT2D eigenvalue weighted by molar-refractivity contribution is 5.99. The predicted molar refractivity (Wildman–Crippen MR) is 109 cm³/mol. The van der Waals surface area contributed by atoms with Crippen molar-refractivity contribution in [3.05, 3.63) is 70.4 Å². The number of para-hydroxylation sites is 1. The molecule has 0 unspecified atom stereocenters. The molecular formula is C20H16F3N3O7. The van der Waals surface area contributed by atoms with Crippen LogP contribution in [-0.2, 0) is 14.3 Å². The maximum atomic E-state index is 12.3. The minimum atomic E-state index is -5.04. The van der Waals surface area contributed by atoms with Gasteiger partial charge in [-0.3, -0.25) is 19.7 Å². The largest absolute Gasteiger partial charge is 0.495 e. The zero-order valence-electron chi connectivity index (χ0n) is 16.8. The molecule has 13 heteroatoms. The molecule has 0 saturated carbocycles. The normalized spacial score (nSPS) is 11.0. The number of halogens is 3. The summed E-state index contributed by atoms with van der Waals surface area (Å²) in [6.45, 7) is -0.776. The Hall–Kier alpha value is -4.42. The Morgan fingerprint density at radius 1 is 1.12 bits per heavy atom. The molecule has 0 heterocycles. The molecule has 10 nitrogen and oxygen atoms in total. The van der Waals surface area contributed by atoms with E-state index in [4.69, 9.17) is 9.47 Å². The highest BCUT2D eigenvalue weighted by Gasteiger charge is 2.36. The third-order valence-electron chi connectivity index (χ3n) is 3.90. The average molecular weight is 467 g/mol. The molecule has 2 aromatic carbocycles. The monoisotopic (exact) mass is 467 g/mol. The summed E-state index contributed by atoms with van der Waals surface area (Å²) in [7, 11) is 1.29. The van der Waals surface area contributed by atoms with Gasteiger partial charge in [0.1, 0.15) is 5.75 Å². The number of hydrogen-bond acceptors (Lipinski definition) is 8. The maximum absolute atomic E-state index is 12.3. The number of non-ortho nitro benzene ring substituents is 1. The van der Waals surface area contributed by atoms with Crippen molar-refractivity contribution in [3.8, 4) is 5.75 Å². The van der Waals surface area contributed by atoms with Crippen LogP contribution in [0.2, 0.25) is 0 Å². The van der Waals surface area contributed by atoms with Crippen LogP contribution in [0.1, 0.15) is 10.4 Å². The van der Waals surface area contributed by atoms with Gasteiger partial charge >= 0.3 is 12.1 Å². The molecule has 2 aromatic rings. The van der Waals surface area contributed by atoms with E-state index in [1.165, 1.54) is 43.5 Å². The van der Waals surface area contributed by atoms with Gasteiger partial charge in [-0.2, -0.15) is 13.2 Å². The van der Waals surface area contributed by atoms with Crippen LogP contribution in [-0.4, -0.2) is 42.5 Å². The summed E-state index contributed by atoms with van der Waals surface area (Å²) in [6, 6.07) is 9.05. The Balaban J connectivity index is 2.03. The van der Waals surface area contributed by atoms with Gasteiger partial charge in [-0.25, -0.2) is 4.79 Å². The number of amides is 1. The second-order valence-corrected chi connectivity index (χ2v) is 6.15. The fourth-order valence-electron chi connectivity index (χ4n) is 2.39. The molecule has 0 aromatic heterocycles. The molecule has 2 rings (SSSR count). The Morgan fingerprint density at radius 2 is 1.82 bits per heavy atom. The van der Waals surface area contributed by atoms with Gasteiger partial charge < -0.3 is 20.1 Å². The number of carbonyl (C=O) groups is 3. The number of nitrogens with one attached hydrogen (secondary N) is 2. The summed E-state index contributed by atoms with van der Waals surface area (Å²) in [4.78, 5) is 45.6. The van der Waals surface area contributed by atoms with Gasteiger partial charge in [0, 0.05) is 24.4 Å². The van der Waals surface area contributed by atoms with E-state index in [2.05, 4.69) is 10.6 Å². The number of carbonyl (C=O) groups excluding carboxylic acids is 3. The summed E-state index contributed by atoms with van der Waals surface area (Å²) in [6.07, 6.45) is -4.07. The summed E-state index contributed by atoms with van der Waals surface area (Å²) in [5.41, 5.74) is -0.425. The first-order chi connectivity index (χ1) is 15.5. The Labute approximate surface area is 184 Å². The summed E-state index contributed by atoms with van der Waals surface area (Å²) in [5, 5.41) is 15.6. The van der Waals surface area contributed by atoms with Crippen molar-refractivity contribution in [2.75, 3.05) is 24.4 Å². The predicted octanol–water partition coefficient (Wildman–Crippen LogP) is 3.46. The minimum Gasteiger partial charge on any atom is -0.495 e. The van der Waals surface area contributed by atoms with E-state index in [1.807, 2.05) is 0 Å². The van der Waals surface area contributed by atoms with Crippen molar-refractivity contribution in [1.82, 2.24) is 0 Å². The third-order valence-corrected chi connectivity index (χ3v) is 3.90. The van der Waals surface area contributed by atoms with Gasteiger partial charge in [0.15, 0.2) is 6.61 Å². The fourth-order valence-corrected chi connectivity index (χ4v) is 2.39. The molecule has 33 heavy (non-hydrogen) atoms. The van der Waals surface area contributed by atoms with Crippen LogP contribution in [0.25, 0.3) is 0 Å². The lowest BCUT2D eigenvalue weighted by molar-refractivity contribution is -0.384. The van der Waals surface area contributed by atoms with E-state index in [0.29, 0.717) is 6.20 Å². The number of nitro benzene ring substituents is 1. The van der Waals surface area contributed by atoms with Crippen molar-refractivity contribution in [2.24, 2.45) is 0 Å². The van der Waals surface area contributed by atoms with Crippen molar-refractivity contribution in [2.45, 2.75) is 6.18 Å². The van der Waals surface area contributed by atoms with Crippen LogP contribution in [0.3, 0.4) is 0 Å². The van der Waals surface area contributed by atoms with E-state index in [9.17, 15) is 37.7 Å². The van der Waals surface area contributed by atoms with Crippen molar-refractivity contribution in [1.29, 1.82) is 0 Å². The van der Waals surface area contributed by atoms with Gasteiger partial charge in [0.05, 0.1) is 29.0 Å². The Kier molecular flexibility index (Phi) is 8.09. The second-order valence-electron chi connectivity index (χ2n) is 6.15. The number of ether oxygens (including phenoxy) is 2. The number of anilines is 2. The molecule has 0 saturated heterocycles. The van der Waals surface area contributed by atoms with Gasteiger partial charge in [-0.1, -0.05) is 12.1 Å². The average Bonchev–Trinajstić information content (AvgIpc) is 2.77. The Bertz CT molecular complexity index is 1100. The molecule has 1 amide bonds. The zero-order valence-corrected chi connectivity index (χ0v) is 16.8. The summed E-state index contributed by atoms with van der Waals surface area (Å²) in [5.74, 6) is -3.78. The van der Waals surface area contributed by atoms with Gasteiger partial charge in [-0.05, 0) is 18.2 Å². The molecule has 0 bridgehead atoms. The Morgan fingerprint density at radius 3 is 2.45 bits per heavy atom. The quantitative estimate of drug-likeness (QED) is 0.248. The number of rotatable bonds is 9. The van der Waals surface area contributed by atoms with E-state index in [-0.39, 0.29) is 34.5 Å². The lowest BCUT2D eigenvalue weighted by atomic mass is 10.2. The fraction of sp³-hybridized carbons (Fsp3) is 0.150. The van der Waals surface area contributed by atoms with Crippen LogP contribution in [0, 0.1) is 10.1 Å². The number of allylic oxidation sites excluding steroid dienone is 1. The van der Waals surface area contributed by atoms with E-state index < -0.39 is 35.4 Å². The first kappa shape index (κ1) is 24.8. The van der Waals surface area contributed by atoms with Crippen LogP contribution >= 0.6 is 0 Å². The van der Waals surface area contributed by atoms with Crippen LogP contribution < -0.4 is 15.4 Å². The van der Waals surface area contributed by atoms with E-state index in [1.54, 1.807) is 0 Å². The lowest BCUT2D eigenvalue weighted by Gasteiger charge is -2.11. The SMILES string of the molecule is COc1ccc([N+](=O)[O-])cc1NC(=O)COC(=O)c1ccccc1N/C=C/C(=O)C(F)(F)F. The second kappa shape index (κ2) is 10.7. The van der Waals surface area contributed by atoms with Crippen molar-refractivity contribution in [3.63, 3.8) is 0 Å². The summed E-state index contributed by atoms with van der Waals surface area (Å²) < 4.78 is 46.6. The molecule has 174 valence electrons. The molecular weight excluding hydrogens is 451 g/mol. The summed E-state index contributed by atoms with van der Waals surface area (Å²) >= 11 is 0. The number of alkyl halides is 3. The molecule has 0 aliphatic heterocycles. The zero-order chi connectivity index (χ0) is 24.6. The van der Waals surface area contributed by atoms with Crippen LogP contribution in [0.15, 0.2) is 54.7 Å². The number of nitrogens with zero attached hydrogens (tertiary/aromatic N) is 1. The van der Waals surface area contributed by atoms with E-state index in [0.717, 1.165) is 6.07 Å². The van der Waals surface area contributed by atoms with Gasteiger partial charge in [-0.15, -0.1) is 0 Å². The number of hydrogen-bond donors (Lipinski definition) is 2. The molecule has 0 spiro atoms. The van der Waals surface area contributed by atoms with E-state index >= 15 is 0 Å². The molecule has 2 N–H and O–H groups in total. The first-order valence-electron chi connectivity index (χ1n) is 8.95. The number of nitro groups is 1. The smallest absolute Gasteiger partial charge is 0.454 e. The molecule has 0 atom stereocenters. The van der Waals surface area contributed by atoms with Crippen molar-refractivity contribution < 1.29 is 42.0 Å². The lowest BCUT2D eigenvalue weighted by Crippen LogP contribution is -2.22. The highest BCUT2D eigenvalue weighted by atomic mass is 19.4. The van der Waals surface area contributed by atoms with Crippen molar-refractivity contribution >= 4 is 34.7 Å². The maximum Gasteiger partial charge on any atom is 0.454 e. The number of esters is 1. The molecule has 0 radical (unpaired) electrons. The number of benzene rings is 2. The third kappa shape index (κ3) is 7.05. The van der Waals surface area contributed by atoms with Gasteiger partial charge in [0.2, 0.25) is 0 Å². The molecule has 0 aliphatic rings. The topological polar surface area (TPSA) is 137 Å². The number of ketones is 1.